The topological polar surface area (TPSA) is 79.0 Å². The molecule has 0 saturated carbocycles. The van der Waals surface area contributed by atoms with Crippen LogP contribution < -0.4 is 10.9 Å². The molecule has 0 saturated heterocycles. The van der Waals surface area contributed by atoms with Gasteiger partial charge in [-0.2, -0.15) is 0 Å². The number of hydrogen-bond donors (Lipinski definition) is 2. The Balaban J connectivity index is 1.58. The van der Waals surface area contributed by atoms with Crippen LogP contribution in [-0.2, 0) is 0 Å². The van der Waals surface area contributed by atoms with E-state index in [9.17, 15) is 14.4 Å². The monoisotopic (exact) mass is 382 g/mol. The molecule has 2 N–H and O–H groups in total. The summed E-state index contributed by atoms with van der Waals surface area (Å²) < 4.78 is 0. The molecule has 4 rings (SSSR count). The van der Waals surface area contributed by atoms with E-state index >= 15 is 0 Å². The number of hydrogen-bond acceptors (Lipinski definition) is 3. The van der Waals surface area contributed by atoms with Crippen LogP contribution >= 0.6 is 0 Å². The van der Waals surface area contributed by atoms with Gasteiger partial charge in [0.25, 0.3) is 11.5 Å². The Morgan fingerprint density at radius 2 is 1.55 bits per heavy atom. The van der Waals surface area contributed by atoms with Crippen LogP contribution in [0.3, 0.4) is 0 Å². The molecule has 4 aromatic rings. The lowest BCUT2D eigenvalue weighted by atomic mass is 10.0. The molecule has 5 nitrogen and oxygen atoms in total. The molecule has 0 atom stereocenters. The van der Waals surface area contributed by atoms with Gasteiger partial charge in [0.1, 0.15) is 5.56 Å². The predicted molar refractivity (Wildman–Crippen MR) is 114 cm³/mol. The average Bonchev–Trinajstić information content (AvgIpc) is 2.73. The van der Waals surface area contributed by atoms with Crippen LogP contribution in [0.5, 0.6) is 0 Å². The van der Waals surface area contributed by atoms with Crippen molar-refractivity contribution in [3.05, 3.63) is 100 Å². The van der Waals surface area contributed by atoms with Crippen molar-refractivity contribution in [3.63, 3.8) is 0 Å². The maximum atomic E-state index is 12.5. The van der Waals surface area contributed by atoms with Crippen LogP contribution in [0, 0.1) is 0 Å². The zero-order chi connectivity index (χ0) is 20.4. The van der Waals surface area contributed by atoms with Gasteiger partial charge >= 0.3 is 0 Å². The van der Waals surface area contributed by atoms with Crippen LogP contribution in [-0.4, -0.2) is 16.7 Å². The summed E-state index contributed by atoms with van der Waals surface area (Å²) in [5.41, 5.74) is 2.13. The van der Waals surface area contributed by atoms with Gasteiger partial charge in [0.15, 0.2) is 5.78 Å². The summed E-state index contributed by atoms with van der Waals surface area (Å²) in [7, 11) is 0. The molecule has 0 bridgehead atoms. The smallest absolute Gasteiger partial charge is 0.261 e. The van der Waals surface area contributed by atoms with Crippen molar-refractivity contribution in [3.8, 4) is 11.3 Å². The van der Waals surface area contributed by atoms with Gasteiger partial charge in [0.2, 0.25) is 0 Å². The largest absolute Gasteiger partial charge is 0.322 e. The van der Waals surface area contributed by atoms with E-state index in [-0.39, 0.29) is 11.3 Å². The number of Topliss-reactive ketones (excluding diaryl/α,β-unsaturated/α-hetero) is 1. The molecule has 5 heteroatoms. The maximum Gasteiger partial charge on any atom is 0.261 e. The Morgan fingerprint density at radius 1 is 0.828 bits per heavy atom. The SMILES string of the molecule is CC(=O)c1ccc(NC(=O)c2ccc(-c3ccc4ccccc4c3)[nH]c2=O)cc1. The predicted octanol–water partition coefficient (Wildman–Crippen LogP) is 4.65. The van der Waals surface area contributed by atoms with Crippen molar-refractivity contribution in [1.29, 1.82) is 0 Å². The second-order valence-corrected chi connectivity index (χ2v) is 6.76. The molecule has 1 heterocycles. The lowest BCUT2D eigenvalue weighted by Crippen LogP contribution is -2.23. The molecule has 29 heavy (non-hydrogen) atoms. The summed E-state index contributed by atoms with van der Waals surface area (Å²) in [4.78, 5) is 39.1. The van der Waals surface area contributed by atoms with Crippen molar-refractivity contribution in [2.24, 2.45) is 0 Å². The van der Waals surface area contributed by atoms with Crippen molar-refractivity contribution in [2.75, 3.05) is 5.32 Å². The number of pyridine rings is 1. The molecule has 3 aromatic carbocycles. The minimum absolute atomic E-state index is 0.0187. The van der Waals surface area contributed by atoms with E-state index in [1.54, 1.807) is 30.3 Å². The molecule has 0 aliphatic rings. The number of carbonyl (C=O) groups excluding carboxylic acids is 2. The highest BCUT2D eigenvalue weighted by molar-refractivity contribution is 6.04. The number of ketones is 1. The molecule has 0 radical (unpaired) electrons. The Kier molecular flexibility index (Phi) is 4.79. The van der Waals surface area contributed by atoms with E-state index in [0.29, 0.717) is 16.9 Å². The molecule has 0 spiro atoms. The molecule has 142 valence electrons. The van der Waals surface area contributed by atoms with Gasteiger partial charge in [-0.3, -0.25) is 14.4 Å². The van der Waals surface area contributed by atoms with Crippen molar-refractivity contribution >= 4 is 28.2 Å². The number of H-pyrrole nitrogens is 1. The third-order valence-electron chi connectivity index (χ3n) is 4.76. The van der Waals surface area contributed by atoms with E-state index in [1.165, 1.54) is 13.0 Å². The molecule has 0 unspecified atom stereocenters. The van der Waals surface area contributed by atoms with Crippen LogP contribution in [0.15, 0.2) is 83.7 Å². The molecule has 1 amide bonds. The number of aromatic amines is 1. The standard InChI is InChI=1S/C24H18N2O3/c1-15(27)16-8-10-20(11-9-16)25-23(28)21-12-13-22(26-24(21)29)19-7-6-17-4-2-3-5-18(17)14-19/h2-14H,1H3,(H,25,28)(H,26,29). The first-order valence-electron chi connectivity index (χ1n) is 9.16. The first kappa shape index (κ1) is 18.4. The van der Waals surface area contributed by atoms with Crippen molar-refractivity contribution in [2.45, 2.75) is 6.92 Å². The number of anilines is 1. The number of nitrogens with one attached hydrogen (secondary N) is 2. The number of carbonyl (C=O) groups is 2. The Labute approximate surface area is 167 Å². The second-order valence-electron chi connectivity index (χ2n) is 6.76. The number of aromatic nitrogens is 1. The number of benzene rings is 3. The van der Waals surface area contributed by atoms with Gasteiger partial charge in [-0.05, 0) is 65.7 Å². The van der Waals surface area contributed by atoms with Crippen LogP contribution in [0.4, 0.5) is 5.69 Å². The highest BCUT2D eigenvalue weighted by Crippen LogP contribution is 2.22. The van der Waals surface area contributed by atoms with E-state index in [2.05, 4.69) is 10.3 Å². The number of rotatable bonds is 4. The fraction of sp³-hybridized carbons (Fsp3) is 0.0417. The molecule has 1 aromatic heterocycles. The number of fused-ring (bicyclic) bond motifs is 1. The molecule has 0 fully saturated rings. The van der Waals surface area contributed by atoms with Crippen LogP contribution in [0.1, 0.15) is 27.6 Å². The summed E-state index contributed by atoms with van der Waals surface area (Å²) in [6.07, 6.45) is 0. The normalized spacial score (nSPS) is 10.7. The van der Waals surface area contributed by atoms with E-state index in [4.69, 9.17) is 0 Å². The zero-order valence-electron chi connectivity index (χ0n) is 15.7. The minimum atomic E-state index is -0.508. The van der Waals surface area contributed by atoms with Gasteiger partial charge in [-0.15, -0.1) is 0 Å². The Hall–Kier alpha value is -3.99. The van der Waals surface area contributed by atoms with E-state index < -0.39 is 11.5 Å². The summed E-state index contributed by atoms with van der Waals surface area (Å²) in [5.74, 6) is -0.560. The van der Waals surface area contributed by atoms with Gasteiger partial charge in [0.05, 0.1) is 0 Å². The maximum absolute atomic E-state index is 12.5. The number of amides is 1. The molecular formula is C24H18N2O3. The Bertz CT molecular complexity index is 1290. The van der Waals surface area contributed by atoms with E-state index in [1.807, 2.05) is 42.5 Å². The average molecular weight is 382 g/mol. The summed E-state index contributed by atoms with van der Waals surface area (Å²) >= 11 is 0. The Morgan fingerprint density at radius 3 is 2.24 bits per heavy atom. The lowest BCUT2D eigenvalue weighted by molar-refractivity contribution is 0.101. The lowest BCUT2D eigenvalue weighted by Gasteiger charge is -2.07. The van der Waals surface area contributed by atoms with Gasteiger partial charge in [-0.1, -0.05) is 36.4 Å². The quantitative estimate of drug-likeness (QED) is 0.504. The summed E-state index contributed by atoms with van der Waals surface area (Å²) in [6, 6.07) is 23.7. The van der Waals surface area contributed by atoms with Gasteiger partial charge in [0, 0.05) is 16.9 Å². The highest BCUT2D eigenvalue weighted by Gasteiger charge is 2.12. The minimum Gasteiger partial charge on any atom is -0.322 e. The molecule has 0 aliphatic carbocycles. The fourth-order valence-electron chi connectivity index (χ4n) is 3.16. The van der Waals surface area contributed by atoms with Crippen LogP contribution in [0.25, 0.3) is 22.0 Å². The second kappa shape index (κ2) is 7.56. The third-order valence-corrected chi connectivity index (χ3v) is 4.76. The van der Waals surface area contributed by atoms with Crippen molar-refractivity contribution < 1.29 is 9.59 Å². The molecular weight excluding hydrogens is 364 g/mol. The van der Waals surface area contributed by atoms with Crippen molar-refractivity contribution in [1.82, 2.24) is 4.98 Å². The van der Waals surface area contributed by atoms with Crippen LogP contribution in [0.2, 0.25) is 0 Å². The fourth-order valence-corrected chi connectivity index (χ4v) is 3.16. The summed E-state index contributed by atoms with van der Waals surface area (Å²) in [6.45, 7) is 1.48. The van der Waals surface area contributed by atoms with E-state index in [0.717, 1.165) is 16.3 Å². The third kappa shape index (κ3) is 3.84. The van der Waals surface area contributed by atoms with Gasteiger partial charge in [-0.25, -0.2) is 0 Å². The molecule has 0 aliphatic heterocycles. The first-order chi connectivity index (χ1) is 14.0. The first-order valence-corrected chi connectivity index (χ1v) is 9.16. The summed E-state index contributed by atoms with van der Waals surface area (Å²) in [5, 5.41) is 4.87. The zero-order valence-corrected chi connectivity index (χ0v) is 15.7. The highest BCUT2D eigenvalue weighted by atomic mass is 16.2. The van der Waals surface area contributed by atoms with Gasteiger partial charge < -0.3 is 10.3 Å².